The highest BCUT2D eigenvalue weighted by Crippen LogP contribution is 2.45. The van der Waals surface area contributed by atoms with E-state index in [1.54, 1.807) is 6.07 Å². The largest absolute Gasteiger partial charge is 0.458 e. The van der Waals surface area contributed by atoms with E-state index >= 15 is 0 Å². The van der Waals surface area contributed by atoms with E-state index in [-0.39, 0.29) is 10.9 Å². The molecule has 0 radical (unpaired) electrons. The summed E-state index contributed by atoms with van der Waals surface area (Å²) in [6, 6.07) is 5.62. The average Bonchev–Trinajstić information content (AvgIpc) is 2.59. The number of H-pyrrole nitrogens is 1. The molecule has 1 N–H and O–H groups in total. The Morgan fingerprint density at radius 2 is 1.56 bits per heavy atom. The van der Waals surface area contributed by atoms with Gasteiger partial charge in [-0.05, 0) is 6.07 Å². The van der Waals surface area contributed by atoms with Gasteiger partial charge in [0, 0.05) is 17.1 Å². The molecule has 1 aromatic heterocycles. The molecule has 1 aromatic carbocycles. The van der Waals surface area contributed by atoms with Crippen LogP contribution in [0, 0.1) is 0 Å². The molecule has 2 rings (SSSR count). The van der Waals surface area contributed by atoms with E-state index in [4.69, 9.17) is 0 Å². The van der Waals surface area contributed by atoms with Crippen molar-refractivity contribution in [2.75, 3.05) is 0 Å². The number of nitrogens with one attached hydrogen (secondary N) is 1. The summed E-state index contributed by atoms with van der Waals surface area (Å²) in [4.78, 5) is 2.39. The van der Waals surface area contributed by atoms with Crippen molar-refractivity contribution in [3.05, 3.63) is 36.0 Å². The topological polar surface area (TPSA) is 15.8 Å². The minimum Gasteiger partial charge on any atom is -0.361 e. The van der Waals surface area contributed by atoms with E-state index in [0.29, 0.717) is 6.20 Å². The Hall–Kier alpha value is -1.59. The van der Waals surface area contributed by atoms with Gasteiger partial charge in [-0.15, -0.1) is 0 Å². The third kappa shape index (κ3) is 1.45. The molecule has 0 bridgehead atoms. The fourth-order valence-electron chi connectivity index (χ4n) is 1.48. The number of hydrogen-bond acceptors (Lipinski definition) is 0. The fraction of sp³-hybridized carbons (Fsp3) is 0.200. The normalized spacial score (nSPS) is 13.3. The van der Waals surface area contributed by atoms with Gasteiger partial charge in [-0.2, -0.15) is 22.0 Å². The second kappa shape index (κ2) is 3.20. The number of aromatic amines is 1. The van der Waals surface area contributed by atoms with Crippen LogP contribution >= 0.6 is 0 Å². The lowest BCUT2D eigenvalue weighted by Gasteiger charge is -2.18. The summed E-state index contributed by atoms with van der Waals surface area (Å²) in [7, 11) is 0. The minimum absolute atomic E-state index is 0.121. The van der Waals surface area contributed by atoms with E-state index in [1.807, 2.05) is 0 Å². The molecule has 0 saturated heterocycles. The maximum atomic E-state index is 13.1. The number of benzene rings is 1. The molecular weight excluding hydrogens is 229 g/mol. The van der Waals surface area contributed by atoms with Gasteiger partial charge in [0.1, 0.15) is 0 Å². The van der Waals surface area contributed by atoms with Crippen molar-refractivity contribution >= 4 is 10.9 Å². The van der Waals surface area contributed by atoms with Crippen LogP contribution in [0.25, 0.3) is 10.9 Å². The van der Waals surface area contributed by atoms with E-state index in [2.05, 4.69) is 4.98 Å². The van der Waals surface area contributed by atoms with Crippen LogP contribution in [0.15, 0.2) is 30.5 Å². The van der Waals surface area contributed by atoms with Gasteiger partial charge in [-0.1, -0.05) is 18.2 Å². The van der Waals surface area contributed by atoms with Crippen LogP contribution in [0.5, 0.6) is 0 Å². The molecule has 0 atom stereocenters. The highest BCUT2D eigenvalue weighted by molar-refractivity contribution is 5.83. The van der Waals surface area contributed by atoms with Crippen molar-refractivity contribution in [3.63, 3.8) is 0 Å². The fourth-order valence-corrected chi connectivity index (χ4v) is 1.48. The lowest BCUT2D eigenvalue weighted by atomic mass is 10.1. The number of fused-ring (bicyclic) bond motifs is 1. The summed E-state index contributed by atoms with van der Waals surface area (Å²) in [5.74, 6) is -4.84. The second-order valence-corrected chi connectivity index (χ2v) is 3.32. The first-order valence-corrected chi connectivity index (χ1v) is 4.35. The molecule has 0 fully saturated rings. The third-order valence-electron chi connectivity index (χ3n) is 2.28. The molecule has 1 nitrogen and oxygen atoms in total. The van der Waals surface area contributed by atoms with Crippen molar-refractivity contribution in [1.82, 2.24) is 4.98 Å². The van der Waals surface area contributed by atoms with Gasteiger partial charge >= 0.3 is 12.1 Å². The van der Waals surface area contributed by atoms with Crippen molar-refractivity contribution < 1.29 is 22.0 Å². The summed E-state index contributed by atoms with van der Waals surface area (Å²) < 4.78 is 62.6. The van der Waals surface area contributed by atoms with Crippen LogP contribution in [0.2, 0.25) is 0 Å². The highest BCUT2D eigenvalue weighted by atomic mass is 19.4. The van der Waals surface area contributed by atoms with Gasteiger partial charge in [-0.25, -0.2) is 0 Å². The zero-order valence-electron chi connectivity index (χ0n) is 7.78. The van der Waals surface area contributed by atoms with E-state index < -0.39 is 17.7 Å². The molecule has 0 unspecified atom stereocenters. The number of para-hydroxylation sites is 1. The molecule has 0 aliphatic heterocycles. The average molecular weight is 235 g/mol. The number of alkyl halides is 5. The van der Waals surface area contributed by atoms with Gasteiger partial charge < -0.3 is 4.98 Å². The van der Waals surface area contributed by atoms with Gasteiger partial charge in [-0.3, -0.25) is 0 Å². The lowest BCUT2D eigenvalue weighted by molar-refractivity contribution is -0.288. The zero-order chi connectivity index (χ0) is 12.0. The van der Waals surface area contributed by atoms with Crippen molar-refractivity contribution in [1.29, 1.82) is 0 Å². The summed E-state index contributed by atoms with van der Waals surface area (Å²) in [6.07, 6.45) is -4.89. The Labute approximate surface area is 86.9 Å². The third-order valence-corrected chi connectivity index (χ3v) is 2.28. The van der Waals surface area contributed by atoms with Crippen molar-refractivity contribution in [2.24, 2.45) is 0 Å². The summed E-state index contributed by atoms with van der Waals surface area (Å²) in [5.41, 5.74) is -0.794. The van der Waals surface area contributed by atoms with Gasteiger partial charge in [0.05, 0.1) is 5.56 Å². The predicted molar refractivity (Wildman–Crippen MR) is 48.2 cm³/mol. The molecule has 6 heteroatoms. The number of halogens is 5. The second-order valence-electron chi connectivity index (χ2n) is 3.32. The number of rotatable bonds is 1. The minimum atomic E-state index is -5.59. The quantitative estimate of drug-likeness (QED) is 0.723. The van der Waals surface area contributed by atoms with Crippen molar-refractivity contribution in [3.8, 4) is 0 Å². The highest BCUT2D eigenvalue weighted by Gasteiger charge is 2.59. The van der Waals surface area contributed by atoms with E-state index in [1.165, 1.54) is 18.2 Å². The first-order valence-electron chi connectivity index (χ1n) is 4.35. The van der Waals surface area contributed by atoms with Crippen LogP contribution < -0.4 is 0 Å². The maximum absolute atomic E-state index is 13.1. The van der Waals surface area contributed by atoms with Crippen LogP contribution in [-0.4, -0.2) is 11.2 Å². The predicted octanol–water partition coefficient (Wildman–Crippen LogP) is 3.82. The first-order chi connectivity index (χ1) is 7.34. The molecular formula is C10H6F5N. The molecule has 0 aliphatic rings. The monoisotopic (exact) mass is 235 g/mol. The molecule has 16 heavy (non-hydrogen) atoms. The molecule has 0 aliphatic carbocycles. The molecule has 0 spiro atoms. The Morgan fingerprint density at radius 3 is 2.19 bits per heavy atom. The Morgan fingerprint density at radius 1 is 0.938 bits per heavy atom. The van der Waals surface area contributed by atoms with Crippen molar-refractivity contribution in [2.45, 2.75) is 12.1 Å². The lowest BCUT2D eigenvalue weighted by Crippen LogP contribution is -2.33. The number of hydrogen-bond donors (Lipinski definition) is 1. The molecule has 86 valence electrons. The molecule has 1 heterocycles. The number of aromatic nitrogens is 1. The Bertz CT molecular complexity index is 511. The van der Waals surface area contributed by atoms with E-state index in [9.17, 15) is 22.0 Å². The molecule has 0 saturated carbocycles. The summed E-state index contributed by atoms with van der Waals surface area (Å²) in [5, 5.41) is -0.121. The molecule has 2 aromatic rings. The SMILES string of the molecule is FC(F)(F)C(F)(F)c1c[nH]c2ccccc12. The maximum Gasteiger partial charge on any atom is 0.458 e. The van der Waals surface area contributed by atoms with Crippen LogP contribution in [0.4, 0.5) is 22.0 Å². The summed E-state index contributed by atoms with van der Waals surface area (Å²) in [6.45, 7) is 0. The van der Waals surface area contributed by atoms with Crippen LogP contribution in [-0.2, 0) is 5.92 Å². The first kappa shape index (κ1) is 10.9. The zero-order valence-corrected chi connectivity index (χ0v) is 7.78. The Kier molecular flexibility index (Phi) is 2.18. The van der Waals surface area contributed by atoms with Gasteiger partial charge in [0.2, 0.25) is 0 Å². The standard InChI is InChI=1S/C10H6F5N/c11-9(12,10(13,14)15)7-5-16-8-4-2-1-3-6(7)8/h1-5,16H. The van der Waals surface area contributed by atoms with Crippen LogP contribution in [0.1, 0.15) is 5.56 Å². The smallest absolute Gasteiger partial charge is 0.361 e. The summed E-state index contributed by atoms with van der Waals surface area (Å²) >= 11 is 0. The van der Waals surface area contributed by atoms with Gasteiger partial charge in [0.25, 0.3) is 0 Å². The van der Waals surface area contributed by atoms with Gasteiger partial charge in [0.15, 0.2) is 0 Å². The van der Waals surface area contributed by atoms with Crippen LogP contribution in [0.3, 0.4) is 0 Å². The Balaban J connectivity index is 2.64. The molecule has 0 amide bonds. The van der Waals surface area contributed by atoms with E-state index in [0.717, 1.165) is 0 Å².